The highest BCUT2D eigenvalue weighted by Gasteiger charge is 2.15. The minimum atomic E-state index is -2.28. The lowest BCUT2D eigenvalue weighted by molar-refractivity contribution is 0.108. The van der Waals surface area contributed by atoms with E-state index < -0.39 is 6.43 Å². The molecule has 1 aromatic heterocycles. The molecule has 1 unspecified atom stereocenters. The summed E-state index contributed by atoms with van der Waals surface area (Å²) < 4.78 is 25.9. The first-order chi connectivity index (χ1) is 7.02. The van der Waals surface area contributed by atoms with Crippen molar-refractivity contribution >= 4 is 17.4 Å². The molecule has 2 N–H and O–H groups in total. The Labute approximate surface area is 92.2 Å². The van der Waals surface area contributed by atoms with Gasteiger partial charge < -0.3 is 5.73 Å². The van der Waals surface area contributed by atoms with Gasteiger partial charge in [0.05, 0.1) is 0 Å². The van der Waals surface area contributed by atoms with Crippen molar-refractivity contribution in [2.24, 2.45) is 5.92 Å². The lowest BCUT2D eigenvalue weighted by Crippen LogP contribution is -2.14. The summed E-state index contributed by atoms with van der Waals surface area (Å²) in [7, 11) is 0. The van der Waals surface area contributed by atoms with E-state index in [1.54, 1.807) is 6.20 Å². The normalized spacial score (nSPS) is 13.4. The molecule has 0 radical (unpaired) electrons. The van der Waals surface area contributed by atoms with E-state index in [-0.39, 0.29) is 18.2 Å². The van der Waals surface area contributed by atoms with Gasteiger partial charge in [0.15, 0.2) is 5.82 Å². The molecular formula is C9H14ClF2N3. The Balaban J connectivity index is 2.58. The average molecular weight is 238 g/mol. The van der Waals surface area contributed by atoms with Gasteiger partial charge >= 0.3 is 0 Å². The van der Waals surface area contributed by atoms with Crippen molar-refractivity contribution in [2.45, 2.75) is 32.7 Å². The maximum atomic E-state index is 12.2. The first-order valence-corrected chi connectivity index (χ1v) is 5.17. The van der Waals surface area contributed by atoms with Crippen LogP contribution < -0.4 is 5.73 Å². The van der Waals surface area contributed by atoms with Crippen molar-refractivity contribution in [1.29, 1.82) is 0 Å². The Bertz CT molecular complexity index is 295. The third-order valence-corrected chi connectivity index (χ3v) is 2.57. The first kappa shape index (κ1) is 12.2. The summed E-state index contributed by atoms with van der Waals surface area (Å²) in [6.45, 7) is 2.30. The second-order valence-electron chi connectivity index (χ2n) is 3.49. The maximum absolute atomic E-state index is 12.2. The molecular weight excluding hydrogens is 224 g/mol. The van der Waals surface area contributed by atoms with E-state index in [1.807, 2.05) is 6.92 Å². The van der Waals surface area contributed by atoms with E-state index in [9.17, 15) is 8.78 Å². The average Bonchev–Trinajstić information content (AvgIpc) is 2.44. The van der Waals surface area contributed by atoms with Crippen molar-refractivity contribution in [3.63, 3.8) is 0 Å². The van der Waals surface area contributed by atoms with Gasteiger partial charge in [-0.25, -0.2) is 8.78 Å². The van der Waals surface area contributed by atoms with E-state index in [0.29, 0.717) is 18.0 Å². The van der Waals surface area contributed by atoms with Gasteiger partial charge in [0, 0.05) is 19.2 Å². The van der Waals surface area contributed by atoms with Crippen LogP contribution in [0.15, 0.2) is 6.20 Å². The van der Waals surface area contributed by atoms with Crippen LogP contribution in [0, 0.1) is 5.92 Å². The van der Waals surface area contributed by atoms with E-state index in [0.717, 1.165) is 0 Å². The Kier molecular flexibility index (Phi) is 4.32. The van der Waals surface area contributed by atoms with Crippen molar-refractivity contribution in [2.75, 3.05) is 5.73 Å². The van der Waals surface area contributed by atoms with Crippen molar-refractivity contribution in [1.82, 2.24) is 9.78 Å². The van der Waals surface area contributed by atoms with Gasteiger partial charge in [-0.1, -0.05) is 24.9 Å². The second-order valence-corrected chi connectivity index (χ2v) is 3.89. The summed E-state index contributed by atoms with van der Waals surface area (Å²) in [4.78, 5) is 0. The molecule has 0 saturated carbocycles. The summed E-state index contributed by atoms with van der Waals surface area (Å²) in [5.41, 5.74) is 5.45. The van der Waals surface area contributed by atoms with E-state index in [4.69, 9.17) is 17.3 Å². The molecule has 0 bridgehead atoms. The first-order valence-electron chi connectivity index (χ1n) is 4.79. The molecule has 1 atom stereocenters. The van der Waals surface area contributed by atoms with Gasteiger partial charge in [0.2, 0.25) is 6.43 Å². The molecule has 0 aliphatic heterocycles. The third-order valence-electron chi connectivity index (χ3n) is 2.28. The van der Waals surface area contributed by atoms with Crippen LogP contribution in [0.4, 0.5) is 14.6 Å². The number of rotatable bonds is 5. The fourth-order valence-electron chi connectivity index (χ4n) is 1.39. The standard InChI is InChI=1S/C9H14ClF2N3/c1-2-6(3-8(11)12)4-15-5-7(10)9(13)14-15/h5-6,8H,2-4H2,1H3,(H2,13,14). The molecule has 0 amide bonds. The largest absolute Gasteiger partial charge is 0.381 e. The molecule has 0 aromatic carbocycles. The Morgan fingerprint density at radius 1 is 1.60 bits per heavy atom. The van der Waals surface area contributed by atoms with E-state index in [2.05, 4.69) is 5.10 Å². The number of nitrogens with zero attached hydrogens (tertiary/aromatic N) is 2. The van der Waals surface area contributed by atoms with Crippen LogP contribution in [-0.2, 0) is 6.54 Å². The summed E-state index contributed by atoms with van der Waals surface area (Å²) in [6.07, 6.45) is -0.154. The van der Waals surface area contributed by atoms with Gasteiger partial charge in [0.25, 0.3) is 0 Å². The van der Waals surface area contributed by atoms with Crippen LogP contribution in [0.3, 0.4) is 0 Å². The highest BCUT2D eigenvalue weighted by Crippen LogP contribution is 2.20. The second kappa shape index (κ2) is 5.30. The molecule has 15 heavy (non-hydrogen) atoms. The summed E-state index contributed by atoms with van der Waals surface area (Å²) in [5, 5.41) is 4.29. The summed E-state index contributed by atoms with van der Waals surface area (Å²) in [5.74, 6) is 0.143. The van der Waals surface area contributed by atoms with Crippen LogP contribution in [0.25, 0.3) is 0 Å². The third kappa shape index (κ3) is 3.66. The zero-order valence-electron chi connectivity index (χ0n) is 8.46. The van der Waals surface area contributed by atoms with Gasteiger partial charge in [0.1, 0.15) is 5.02 Å². The molecule has 86 valence electrons. The van der Waals surface area contributed by atoms with Crippen LogP contribution in [0.2, 0.25) is 5.02 Å². The molecule has 1 heterocycles. The molecule has 1 rings (SSSR count). The zero-order valence-corrected chi connectivity index (χ0v) is 9.21. The molecule has 0 aliphatic carbocycles. The van der Waals surface area contributed by atoms with Crippen molar-refractivity contribution in [3.05, 3.63) is 11.2 Å². The minimum Gasteiger partial charge on any atom is -0.381 e. The van der Waals surface area contributed by atoms with Gasteiger partial charge in [-0.3, -0.25) is 4.68 Å². The SMILES string of the molecule is CCC(CC(F)F)Cn1cc(Cl)c(N)n1. The fourth-order valence-corrected chi connectivity index (χ4v) is 1.54. The highest BCUT2D eigenvalue weighted by atomic mass is 35.5. The number of hydrogen-bond acceptors (Lipinski definition) is 2. The Hall–Kier alpha value is -0.840. The smallest absolute Gasteiger partial charge is 0.239 e. The molecule has 6 heteroatoms. The van der Waals surface area contributed by atoms with Gasteiger partial charge in [-0.15, -0.1) is 0 Å². The minimum absolute atomic E-state index is 0.0969. The van der Waals surface area contributed by atoms with Crippen molar-refractivity contribution in [3.8, 4) is 0 Å². The molecule has 0 saturated heterocycles. The molecule has 1 aromatic rings. The van der Waals surface area contributed by atoms with Crippen LogP contribution in [0.5, 0.6) is 0 Å². The van der Waals surface area contributed by atoms with Gasteiger partial charge in [-0.2, -0.15) is 5.10 Å². The Morgan fingerprint density at radius 3 is 2.67 bits per heavy atom. The Morgan fingerprint density at radius 2 is 2.27 bits per heavy atom. The van der Waals surface area contributed by atoms with Crippen LogP contribution in [0.1, 0.15) is 19.8 Å². The topological polar surface area (TPSA) is 43.8 Å². The zero-order chi connectivity index (χ0) is 11.4. The lowest BCUT2D eigenvalue weighted by atomic mass is 10.0. The summed E-state index contributed by atoms with van der Waals surface area (Å²) >= 11 is 5.71. The fraction of sp³-hybridized carbons (Fsp3) is 0.667. The number of halogens is 3. The monoisotopic (exact) mass is 237 g/mol. The molecule has 3 nitrogen and oxygen atoms in total. The molecule has 0 fully saturated rings. The van der Waals surface area contributed by atoms with Crippen LogP contribution in [-0.4, -0.2) is 16.2 Å². The van der Waals surface area contributed by atoms with Crippen LogP contribution >= 0.6 is 11.6 Å². The number of alkyl halides is 2. The quantitative estimate of drug-likeness (QED) is 0.856. The predicted octanol–water partition coefficient (Wildman–Crippen LogP) is 2.80. The summed E-state index contributed by atoms with van der Waals surface area (Å²) in [6, 6.07) is 0. The molecule has 0 spiro atoms. The molecule has 0 aliphatic rings. The number of aromatic nitrogens is 2. The number of nitrogens with two attached hydrogens (primary N) is 1. The lowest BCUT2D eigenvalue weighted by Gasteiger charge is -2.13. The van der Waals surface area contributed by atoms with E-state index >= 15 is 0 Å². The van der Waals surface area contributed by atoms with Crippen molar-refractivity contribution < 1.29 is 8.78 Å². The van der Waals surface area contributed by atoms with E-state index in [1.165, 1.54) is 4.68 Å². The number of nitrogen functional groups attached to an aromatic ring is 1. The highest BCUT2D eigenvalue weighted by molar-refractivity contribution is 6.32. The predicted molar refractivity (Wildman–Crippen MR) is 56.1 cm³/mol. The maximum Gasteiger partial charge on any atom is 0.239 e. The van der Waals surface area contributed by atoms with Gasteiger partial charge in [-0.05, 0) is 5.92 Å². The number of hydrogen-bond donors (Lipinski definition) is 1. The number of anilines is 1.